The first-order valence-electron chi connectivity index (χ1n) is 19.7. The Morgan fingerprint density at radius 1 is 0.571 bits per heavy atom. The molecule has 0 spiro atoms. The van der Waals surface area contributed by atoms with Crippen molar-refractivity contribution in [2.45, 2.75) is 39.0 Å². The molecule has 56 heavy (non-hydrogen) atoms. The summed E-state index contributed by atoms with van der Waals surface area (Å²) in [5.41, 5.74) is 17.5. The molecule has 0 amide bonds. The van der Waals surface area contributed by atoms with Gasteiger partial charge in [-0.3, -0.25) is 4.57 Å². The molecule has 0 N–H and O–H groups in total. The lowest BCUT2D eigenvalue weighted by atomic mass is 9.81. The molecule has 0 saturated carbocycles. The fraction of sp³-hybridized carbons (Fsp3) is 0.113. The molecule has 3 heteroatoms. The fourth-order valence-corrected chi connectivity index (χ4v) is 9.49. The molecule has 2 aliphatic rings. The summed E-state index contributed by atoms with van der Waals surface area (Å²) in [6.45, 7) is 7.00. The standard InChI is InChI=1S/C53H40N2O/c1-33-26-29-46(35-18-8-5-9-19-35)54-49(32-41(33)34-16-6-4-7-17-34)55-47-24-14-11-22-40(47)50-42(31-43-39-21-12-15-25-48(39)56-52(43)51(50)55)36-27-28-38-37-20-10-13-23-44(37)53(2,3)45(38)30-36/h4-25,27-28,30-32H,26,29H2,1-3H3/b41-33?,49-32+,54-46+. The van der Waals surface area contributed by atoms with Crippen molar-refractivity contribution in [1.82, 2.24) is 4.57 Å². The van der Waals surface area contributed by atoms with E-state index >= 15 is 0 Å². The molecule has 0 unspecified atom stereocenters. The smallest absolute Gasteiger partial charge is 0.160 e. The molecule has 9 aromatic rings. The Morgan fingerprint density at radius 3 is 2.07 bits per heavy atom. The first-order valence-corrected chi connectivity index (χ1v) is 19.7. The largest absolute Gasteiger partial charge is 0.454 e. The molecular formula is C53H40N2O. The fourth-order valence-electron chi connectivity index (χ4n) is 9.49. The van der Waals surface area contributed by atoms with E-state index in [9.17, 15) is 0 Å². The monoisotopic (exact) mass is 720 g/mol. The summed E-state index contributed by atoms with van der Waals surface area (Å²) < 4.78 is 9.34. The van der Waals surface area contributed by atoms with Crippen LogP contribution in [0.2, 0.25) is 0 Å². The molecule has 0 saturated heterocycles. The highest BCUT2D eigenvalue weighted by Crippen LogP contribution is 2.51. The van der Waals surface area contributed by atoms with E-state index in [1.165, 1.54) is 60.9 Å². The molecule has 3 heterocycles. The number of para-hydroxylation sites is 2. The predicted octanol–water partition coefficient (Wildman–Crippen LogP) is 14.2. The summed E-state index contributed by atoms with van der Waals surface area (Å²) in [5, 5.41) is 4.55. The van der Waals surface area contributed by atoms with Crippen LogP contribution >= 0.6 is 0 Å². The van der Waals surface area contributed by atoms with Crippen molar-refractivity contribution in [2.75, 3.05) is 0 Å². The van der Waals surface area contributed by atoms with E-state index in [0.29, 0.717) is 0 Å². The number of nitrogens with zero attached hydrogens (tertiary/aromatic N) is 2. The number of benzene rings is 7. The van der Waals surface area contributed by atoms with Gasteiger partial charge >= 0.3 is 0 Å². The maximum absolute atomic E-state index is 6.96. The number of fused-ring (bicyclic) bond motifs is 10. The van der Waals surface area contributed by atoms with Gasteiger partial charge in [0.15, 0.2) is 5.58 Å². The zero-order chi connectivity index (χ0) is 37.5. The van der Waals surface area contributed by atoms with E-state index in [4.69, 9.17) is 9.41 Å². The van der Waals surface area contributed by atoms with Crippen molar-refractivity contribution in [3.8, 4) is 22.3 Å². The zero-order valence-corrected chi connectivity index (χ0v) is 31.8. The molecule has 0 bridgehead atoms. The second kappa shape index (κ2) is 12.4. The van der Waals surface area contributed by atoms with Gasteiger partial charge in [0.05, 0.1) is 16.7 Å². The topological polar surface area (TPSA) is 30.4 Å². The van der Waals surface area contributed by atoms with Crippen LogP contribution in [0.5, 0.6) is 0 Å². The summed E-state index contributed by atoms with van der Waals surface area (Å²) >= 11 is 0. The maximum Gasteiger partial charge on any atom is 0.160 e. The third-order valence-corrected chi connectivity index (χ3v) is 12.3. The van der Waals surface area contributed by atoms with E-state index < -0.39 is 0 Å². The van der Waals surface area contributed by atoms with Crippen LogP contribution in [0.15, 0.2) is 179 Å². The third kappa shape index (κ3) is 4.87. The second-order valence-corrected chi connectivity index (χ2v) is 15.9. The van der Waals surface area contributed by atoms with Gasteiger partial charge in [0, 0.05) is 27.0 Å². The Hall–Kier alpha value is -6.71. The molecule has 7 aromatic carbocycles. The van der Waals surface area contributed by atoms with Gasteiger partial charge in [0.2, 0.25) is 0 Å². The minimum Gasteiger partial charge on any atom is -0.454 e. The summed E-state index contributed by atoms with van der Waals surface area (Å²) in [6.07, 6.45) is 4.07. The Labute approximate surface area is 326 Å². The third-order valence-electron chi connectivity index (χ3n) is 12.3. The molecule has 11 rings (SSSR count). The number of aliphatic imine (C=N–C) groups is 1. The number of rotatable bonds is 4. The molecule has 1 aliphatic carbocycles. The average molecular weight is 721 g/mol. The normalized spacial score (nSPS) is 17.1. The Morgan fingerprint density at radius 2 is 1.25 bits per heavy atom. The van der Waals surface area contributed by atoms with Crippen molar-refractivity contribution in [3.63, 3.8) is 0 Å². The molecule has 268 valence electrons. The van der Waals surface area contributed by atoms with Crippen LogP contribution in [0.3, 0.4) is 0 Å². The summed E-state index contributed by atoms with van der Waals surface area (Å²) in [5.74, 6) is 0.873. The van der Waals surface area contributed by atoms with E-state index in [0.717, 1.165) is 62.9 Å². The van der Waals surface area contributed by atoms with E-state index in [-0.39, 0.29) is 5.41 Å². The van der Waals surface area contributed by atoms with Crippen LogP contribution in [0.1, 0.15) is 55.9 Å². The number of aromatic nitrogens is 1. The molecule has 0 radical (unpaired) electrons. The quantitative estimate of drug-likeness (QED) is 0.178. The lowest BCUT2D eigenvalue weighted by Gasteiger charge is -2.22. The molecule has 1 aliphatic heterocycles. The predicted molar refractivity (Wildman–Crippen MR) is 235 cm³/mol. The minimum atomic E-state index is -0.119. The van der Waals surface area contributed by atoms with Gasteiger partial charge in [0.25, 0.3) is 0 Å². The van der Waals surface area contributed by atoms with E-state index in [2.05, 4.69) is 189 Å². The Balaban J connectivity index is 1.28. The number of hydrogen-bond acceptors (Lipinski definition) is 2. The van der Waals surface area contributed by atoms with Gasteiger partial charge in [-0.2, -0.15) is 0 Å². The van der Waals surface area contributed by atoms with Gasteiger partial charge in [0.1, 0.15) is 11.4 Å². The lowest BCUT2D eigenvalue weighted by Crippen LogP contribution is -2.14. The second-order valence-electron chi connectivity index (χ2n) is 15.9. The van der Waals surface area contributed by atoms with Crippen LogP contribution in [-0.2, 0) is 5.41 Å². The van der Waals surface area contributed by atoms with Crippen molar-refractivity contribution in [2.24, 2.45) is 4.99 Å². The highest BCUT2D eigenvalue weighted by molar-refractivity contribution is 6.27. The van der Waals surface area contributed by atoms with Crippen LogP contribution in [0.25, 0.3) is 77.4 Å². The van der Waals surface area contributed by atoms with Crippen molar-refractivity contribution >= 4 is 60.9 Å². The summed E-state index contributed by atoms with van der Waals surface area (Å²) in [7, 11) is 0. The zero-order valence-electron chi connectivity index (χ0n) is 31.8. The van der Waals surface area contributed by atoms with Gasteiger partial charge in [-0.05, 0) is 100 Å². The van der Waals surface area contributed by atoms with E-state index in [1.54, 1.807) is 0 Å². The van der Waals surface area contributed by atoms with E-state index in [1.807, 2.05) is 0 Å². The highest BCUT2D eigenvalue weighted by Gasteiger charge is 2.35. The van der Waals surface area contributed by atoms with Crippen LogP contribution in [0, 0.1) is 0 Å². The van der Waals surface area contributed by atoms with Crippen LogP contribution in [0.4, 0.5) is 0 Å². The van der Waals surface area contributed by atoms with Gasteiger partial charge < -0.3 is 4.42 Å². The van der Waals surface area contributed by atoms with Gasteiger partial charge in [-0.25, -0.2) is 4.99 Å². The molecule has 3 nitrogen and oxygen atoms in total. The van der Waals surface area contributed by atoms with Crippen LogP contribution < -0.4 is 0 Å². The average Bonchev–Trinajstić information content (AvgIpc) is 3.86. The minimum absolute atomic E-state index is 0.119. The Kier molecular flexibility index (Phi) is 7.25. The van der Waals surface area contributed by atoms with Crippen LogP contribution in [-0.4, -0.2) is 10.3 Å². The molecule has 2 aromatic heterocycles. The van der Waals surface area contributed by atoms with Crippen molar-refractivity contribution in [1.29, 1.82) is 0 Å². The number of furan rings is 1. The highest BCUT2D eigenvalue weighted by atomic mass is 16.3. The van der Waals surface area contributed by atoms with Gasteiger partial charge in [-0.15, -0.1) is 0 Å². The SMILES string of the molecule is CC1=C(c2ccccc2)/C=C(n2c3ccccc3c3c(-c4ccc5c(c4)C(C)(C)c4ccccc4-5)cc4c5ccccc5oc4c32)\N=C(\c2ccccc2)CC1. The van der Waals surface area contributed by atoms with Crippen molar-refractivity contribution in [3.05, 3.63) is 192 Å². The maximum atomic E-state index is 6.96. The molecule has 0 atom stereocenters. The summed E-state index contributed by atoms with van der Waals surface area (Å²) in [4.78, 5) is 5.68. The Bertz CT molecular complexity index is 3150. The number of allylic oxidation sites excluding steroid dienone is 3. The molecule has 0 fully saturated rings. The first kappa shape index (κ1) is 32.7. The lowest BCUT2D eigenvalue weighted by molar-refractivity contribution is 0.660. The summed E-state index contributed by atoms with van der Waals surface area (Å²) in [6, 6.07) is 57.1. The molecular weight excluding hydrogens is 681 g/mol. The first-order chi connectivity index (χ1) is 27.5. The van der Waals surface area contributed by atoms with Gasteiger partial charge in [-0.1, -0.05) is 153 Å². The van der Waals surface area contributed by atoms with Crippen molar-refractivity contribution < 1.29 is 4.42 Å². The number of hydrogen-bond donors (Lipinski definition) is 0.